The Balaban J connectivity index is 0.00000136. The van der Waals surface area contributed by atoms with Crippen molar-refractivity contribution in [1.82, 2.24) is 0 Å². The molecular weight excluding hydrogens is 336 g/mol. The summed E-state index contributed by atoms with van der Waals surface area (Å²) in [6, 6.07) is 18.4. The summed E-state index contributed by atoms with van der Waals surface area (Å²) in [4.78, 5) is 0. The molecule has 3 aromatic rings. The molecule has 0 saturated carbocycles. The van der Waals surface area contributed by atoms with E-state index in [1.54, 1.807) is 0 Å². The summed E-state index contributed by atoms with van der Waals surface area (Å²) in [6.45, 7) is 17.3. The summed E-state index contributed by atoms with van der Waals surface area (Å²) in [5.74, 6) is 0. The predicted molar refractivity (Wildman–Crippen MR) is 125 cm³/mol. The first-order valence-corrected chi connectivity index (χ1v) is 10.5. The lowest BCUT2D eigenvalue weighted by Gasteiger charge is -2.12. The topological polar surface area (TPSA) is 0 Å². The SMILES string of the molecule is CC.Cc1cc(Cc2cccc(Cc3cc(C)c(C)c(C)c3)c2)cc(C)c1C. The first-order chi connectivity index (χ1) is 13.3. The average molecular weight is 373 g/mol. The summed E-state index contributed by atoms with van der Waals surface area (Å²) in [5.41, 5.74) is 14.0. The van der Waals surface area contributed by atoms with Crippen LogP contribution in [0.4, 0.5) is 0 Å². The van der Waals surface area contributed by atoms with Crippen molar-refractivity contribution in [2.24, 2.45) is 0 Å². The second-order valence-electron chi connectivity index (χ2n) is 7.88. The van der Waals surface area contributed by atoms with Gasteiger partial charge in [0.2, 0.25) is 0 Å². The van der Waals surface area contributed by atoms with Crippen molar-refractivity contribution in [2.45, 2.75) is 68.2 Å². The second kappa shape index (κ2) is 9.73. The highest BCUT2D eigenvalue weighted by Crippen LogP contribution is 2.21. The standard InChI is InChI=1S/C26H30.C2H6/c1-17-10-25(11-18(2)21(17)5)15-23-8-7-9-24(14-23)16-26-12-19(3)22(6)20(4)13-26;1-2/h7-14H,15-16H2,1-6H3;1-2H3. The Morgan fingerprint density at radius 1 is 0.464 bits per heavy atom. The van der Waals surface area contributed by atoms with Gasteiger partial charge in [-0.25, -0.2) is 0 Å². The Kier molecular flexibility index (Phi) is 7.63. The van der Waals surface area contributed by atoms with Crippen molar-refractivity contribution >= 4 is 0 Å². The van der Waals surface area contributed by atoms with E-state index in [4.69, 9.17) is 0 Å². The number of hydrogen-bond donors (Lipinski definition) is 0. The third kappa shape index (κ3) is 5.35. The molecule has 0 aliphatic carbocycles. The Hall–Kier alpha value is -2.34. The van der Waals surface area contributed by atoms with E-state index >= 15 is 0 Å². The summed E-state index contributed by atoms with van der Waals surface area (Å²) < 4.78 is 0. The van der Waals surface area contributed by atoms with Crippen molar-refractivity contribution in [2.75, 3.05) is 0 Å². The lowest BCUT2D eigenvalue weighted by molar-refractivity contribution is 1.11. The number of rotatable bonds is 4. The molecule has 0 unspecified atom stereocenters. The Bertz CT molecular complexity index is 823. The van der Waals surface area contributed by atoms with Crippen LogP contribution in [0.25, 0.3) is 0 Å². The number of hydrogen-bond acceptors (Lipinski definition) is 0. The minimum absolute atomic E-state index is 1.00. The summed E-state index contributed by atoms with van der Waals surface area (Å²) in [5, 5.41) is 0. The zero-order chi connectivity index (χ0) is 20.8. The highest BCUT2D eigenvalue weighted by molar-refractivity contribution is 5.41. The zero-order valence-electron chi connectivity index (χ0n) is 19.0. The fourth-order valence-electron chi connectivity index (χ4n) is 3.78. The number of aryl methyl sites for hydroxylation is 4. The molecule has 0 aliphatic rings. The van der Waals surface area contributed by atoms with E-state index in [-0.39, 0.29) is 0 Å². The van der Waals surface area contributed by atoms with Gasteiger partial charge in [-0.2, -0.15) is 0 Å². The smallest absolute Gasteiger partial charge is 0.00255 e. The van der Waals surface area contributed by atoms with Crippen molar-refractivity contribution in [1.29, 1.82) is 0 Å². The van der Waals surface area contributed by atoms with Crippen LogP contribution < -0.4 is 0 Å². The largest absolute Gasteiger partial charge is 0.0683 e. The van der Waals surface area contributed by atoms with Crippen molar-refractivity contribution < 1.29 is 0 Å². The van der Waals surface area contributed by atoms with E-state index in [1.807, 2.05) is 13.8 Å². The molecule has 3 aromatic carbocycles. The van der Waals surface area contributed by atoms with Crippen LogP contribution in [0, 0.1) is 41.5 Å². The number of benzene rings is 3. The maximum absolute atomic E-state index is 2.37. The van der Waals surface area contributed by atoms with Crippen molar-refractivity contribution in [3.63, 3.8) is 0 Å². The van der Waals surface area contributed by atoms with Crippen LogP contribution in [-0.4, -0.2) is 0 Å². The quantitative estimate of drug-likeness (QED) is 0.439. The highest BCUT2D eigenvalue weighted by atomic mass is 14.1. The van der Waals surface area contributed by atoms with Crippen molar-refractivity contribution in [3.8, 4) is 0 Å². The molecule has 0 nitrogen and oxygen atoms in total. The van der Waals surface area contributed by atoms with Crippen LogP contribution in [-0.2, 0) is 12.8 Å². The molecule has 0 N–H and O–H groups in total. The molecule has 0 aliphatic heterocycles. The van der Waals surface area contributed by atoms with E-state index in [9.17, 15) is 0 Å². The Labute approximate surface area is 172 Å². The van der Waals surface area contributed by atoms with Gasteiger partial charge in [-0.15, -0.1) is 0 Å². The van der Waals surface area contributed by atoms with Gasteiger partial charge in [0.1, 0.15) is 0 Å². The maximum Gasteiger partial charge on any atom is -0.00255 e. The molecule has 0 bridgehead atoms. The molecule has 28 heavy (non-hydrogen) atoms. The van der Waals surface area contributed by atoms with E-state index in [2.05, 4.69) is 90.1 Å². The third-order valence-corrected chi connectivity index (χ3v) is 5.78. The molecule has 0 radical (unpaired) electrons. The normalized spacial score (nSPS) is 10.4. The predicted octanol–water partition coefficient (Wildman–Crippen LogP) is 7.74. The van der Waals surface area contributed by atoms with Crippen LogP contribution in [0.2, 0.25) is 0 Å². The Morgan fingerprint density at radius 2 is 0.786 bits per heavy atom. The van der Waals surface area contributed by atoms with Crippen LogP contribution in [0.3, 0.4) is 0 Å². The summed E-state index contributed by atoms with van der Waals surface area (Å²) in [7, 11) is 0. The summed E-state index contributed by atoms with van der Waals surface area (Å²) >= 11 is 0. The van der Waals surface area contributed by atoms with Gasteiger partial charge in [0, 0.05) is 0 Å². The maximum atomic E-state index is 2.37. The lowest BCUT2D eigenvalue weighted by Crippen LogP contribution is -1.96. The molecule has 148 valence electrons. The van der Waals surface area contributed by atoms with Crippen LogP contribution >= 0.6 is 0 Å². The molecular formula is C28H36. The van der Waals surface area contributed by atoms with Gasteiger partial charge in [-0.3, -0.25) is 0 Å². The average Bonchev–Trinajstić information content (AvgIpc) is 2.66. The molecule has 0 heterocycles. The fraction of sp³-hybridized carbons (Fsp3) is 0.357. The first-order valence-electron chi connectivity index (χ1n) is 10.5. The molecule has 3 rings (SSSR count). The van der Waals surface area contributed by atoms with E-state index in [1.165, 1.54) is 55.6 Å². The molecule has 0 aromatic heterocycles. The van der Waals surface area contributed by atoms with Gasteiger partial charge in [0.25, 0.3) is 0 Å². The van der Waals surface area contributed by atoms with E-state index < -0.39 is 0 Å². The van der Waals surface area contributed by atoms with Gasteiger partial charge in [-0.05, 0) is 110 Å². The first kappa shape index (κ1) is 22.0. The minimum atomic E-state index is 1.00. The van der Waals surface area contributed by atoms with E-state index in [0.717, 1.165) is 12.8 Å². The van der Waals surface area contributed by atoms with E-state index in [0.29, 0.717) is 0 Å². The van der Waals surface area contributed by atoms with Crippen LogP contribution in [0.15, 0.2) is 48.5 Å². The van der Waals surface area contributed by atoms with Crippen molar-refractivity contribution in [3.05, 3.63) is 104 Å². The highest BCUT2D eigenvalue weighted by Gasteiger charge is 2.05. The monoisotopic (exact) mass is 372 g/mol. The summed E-state index contributed by atoms with van der Waals surface area (Å²) in [6.07, 6.45) is 2.00. The molecule has 0 spiro atoms. The minimum Gasteiger partial charge on any atom is -0.0683 e. The van der Waals surface area contributed by atoms with Gasteiger partial charge in [-0.1, -0.05) is 62.4 Å². The third-order valence-electron chi connectivity index (χ3n) is 5.78. The zero-order valence-corrected chi connectivity index (χ0v) is 19.0. The molecule has 0 fully saturated rings. The second-order valence-corrected chi connectivity index (χ2v) is 7.88. The molecule has 0 amide bonds. The van der Waals surface area contributed by atoms with Gasteiger partial charge in [0.15, 0.2) is 0 Å². The molecule has 0 saturated heterocycles. The lowest BCUT2D eigenvalue weighted by atomic mass is 9.94. The van der Waals surface area contributed by atoms with Gasteiger partial charge >= 0.3 is 0 Å². The van der Waals surface area contributed by atoms with Crippen LogP contribution in [0.1, 0.15) is 69.5 Å². The van der Waals surface area contributed by atoms with Gasteiger partial charge in [0.05, 0.1) is 0 Å². The Morgan fingerprint density at radius 3 is 1.11 bits per heavy atom. The van der Waals surface area contributed by atoms with Gasteiger partial charge < -0.3 is 0 Å². The molecule has 0 atom stereocenters. The van der Waals surface area contributed by atoms with Crippen LogP contribution in [0.5, 0.6) is 0 Å². The fourth-order valence-corrected chi connectivity index (χ4v) is 3.78. The molecule has 0 heteroatoms.